The molecule has 17 heavy (non-hydrogen) atoms. The second-order valence-corrected chi connectivity index (χ2v) is 6.77. The van der Waals surface area contributed by atoms with Gasteiger partial charge in [0.25, 0.3) is 0 Å². The summed E-state index contributed by atoms with van der Waals surface area (Å²) in [6.07, 6.45) is 1.23. The number of likely N-dealkylation sites (N-methyl/N-ethyl adjacent to an activating group) is 2. The molecule has 0 aromatic carbocycles. The van der Waals surface area contributed by atoms with Gasteiger partial charge in [-0.05, 0) is 27.9 Å². The van der Waals surface area contributed by atoms with Crippen LogP contribution in [0.4, 0.5) is 0 Å². The molecule has 0 radical (unpaired) electrons. The second kappa shape index (κ2) is 7.31. The van der Waals surface area contributed by atoms with E-state index >= 15 is 0 Å². The fraction of sp³-hybridized carbons (Fsp3) is 1.00. The Bertz CT molecular complexity index is 292. The summed E-state index contributed by atoms with van der Waals surface area (Å²) < 4.78 is 30.2. The fourth-order valence-corrected chi connectivity index (χ4v) is 2.57. The smallest absolute Gasteiger partial charge is 0.211 e. The van der Waals surface area contributed by atoms with Gasteiger partial charge >= 0.3 is 0 Å². The SMILES string of the molecule is CCN(CC(CN(C)C)OC(C)C)S(C)(=O)=O. The third-order valence-corrected chi connectivity index (χ3v) is 3.61. The molecule has 5 nitrogen and oxygen atoms in total. The van der Waals surface area contributed by atoms with Crippen LogP contribution >= 0.6 is 0 Å². The van der Waals surface area contributed by atoms with Crippen molar-refractivity contribution in [3.8, 4) is 0 Å². The van der Waals surface area contributed by atoms with Gasteiger partial charge in [0.05, 0.1) is 18.5 Å². The van der Waals surface area contributed by atoms with Gasteiger partial charge in [-0.3, -0.25) is 0 Å². The van der Waals surface area contributed by atoms with E-state index in [1.807, 2.05) is 39.8 Å². The number of rotatable bonds is 8. The molecule has 0 N–H and O–H groups in total. The van der Waals surface area contributed by atoms with E-state index in [4.69, 9.17) is 4.74 Å². The zero-order valence-electron chi connectivity index (χ0n) is 11.8. The van der Waals surface area contributed by atoms with Gasteiger partial charge in [0.1, 0.15) is 0 Å². The first kappa shape index (κ1) is 16.8. The summed E-state index contributed by atoms with van der Waals surface area (Å²) >= 11 is 0. The molecule has 6 heteroatoms. The lowest BCUT2D eigenvalue weighted by Gasteiger charge is -2.28. The molecule has 0 aromatic rings. The Kier molecular flexibility index (Phi) is 7.23. The van der Waals surface area contributed by atoms with Gasteiger partial charge in [0.15, 0.2) is 0 Å². The lowest BCUT2D eigenvalue weighted by Crippen LogP contribution is -2.43. The Morgan fingerprint density at radius 1 is 1.18 bits per heavy atom. The maximum atomic E-state index is 11.5. The highest BCUT2D eigenvalue weighted by Crippen LogP contribution is 2.06. The van der Waals surface area contributed by atoms with E-state index in [9.17, 15) is 8.42 Å². The van der Waals surface area contributed by atoms with Crippen LogP contribution in [0.2, 0.25) is 0 Å². The van der Waals surface area contributed by atoms with Gasteiger partial charge in [-0.2, -0.15) is 4.31 Å². The molecule has 0 aliphatic rings. The van der Waals surface area contributed by atoms with Crippen molar-refractivity contribution in [1.82, 2.24) is 9.21 Å². The molecule has 0 aliphatic carbocycles. The minimum Gasteiger partial charge on any atom is -0.373 e. The van der Waals surface area contributed by atoms with Crippen LogP contribution in [0.1, 0.15) is 20.8 Å². The number of nitrogens with zero attached hydrogens (tertiary/aromatic N) is 2. The van der Waals surface area contributed by atoms with E-state index in [1.54, 1.807) is 0 Å². The van der Waals surface area contributed by atoms with Crippen molar-refractivity contribution in [3.05, 3.63) is 0 Å². The molecule has 0 saturated carbocycles. The average molecular weight is 266 g/mol. The minimum atomic E-state index is -3.15. The van der Waals surface area contributed by atoms with Crippen LogP contribution in [0.15, 0.2) is 0 Å². The van der Waals surface area contributed by atoms with Gasteiger partial charge in [-0.25, -0.2) is 8.42 Å². The summed E-state index contributed by atoms with van der Waals surface area (Å²) in [6.45, 7) is 7.35. The van der Waals surface area contributed by atoms with Crippen molar-refractivity contribution in [3.63, 3.8) is 0 Å². The predicted molar refractivity (Wildman–Crippen MR) is 70.7 cm³/mol. The molecule has 0 spiro atoms. The van der Waals surface area contributed by atoms with Gasteiger partial charge in [-0.15, -0.1) is 0 Å². The maximum absolute atomic E-state index is 11.5. The Balaban J connectivity index is 4.59. The summed E-state index contributed by atoms with van der Waals surface area (Å²) in [5.74, 6) is 0. The fourth-order valence-electron chi connectivity index (χ4n) is 1.66. The number of hydrogen-bond donors (Lipinski definition) is 0. The molecule has 0 fully saturated rings. The van der Waals surface area contributed by atoms with Gasteiger partial charge in [0, 0.05) is 19.6 Å². The predicted octanol–water partition coefficient (Wildman–Crippen LogP) is 0.623. The van der Waals surface area contributed by atoms with Crippen LogP contribution in [-0.2, 0) is 14.8 Å². The van der Waals surface area contributed by atoms with E-state index in [-0.39, 0.29) is 12.2 Å². The Labute approximate surface area is 106 Å². The molecule has 0 heterocycles. The third-order valence-electron chi connectivity index (χ3n) is 2.26. The number of ether oxygens (including phenoxy) is 1. The molecule has 0 rings (SSSR count). The lowest BCUT2D eigenvalue weighted by atomic mass is 10.3. The molecule has 104 valence electrons. The molecule has 1 unspecified atom stereocenters. The molecular weight excluding hydrogens is 240 g/mol. The number of sulfonamides is 1. The van der Waals surface area contributed by atoms with Crippen molar-refractivity contribution in [2.24, 2.45) is 0 Å². The monoisotopic (exact) mass is 266 g/mol. The van der Waals surface area contributed by atoms with E-state index in [0.717, 1.165) is 0 Å². The summed E-state index contributed by atoms with van der Waals surface area (Å²) in [6, 6.07) is 0. The van der Waals surface area contributed by atoms with Gasteiger partial charge in [-0.1, -0.05) is 6.92 Å². The summed E-state index contributed by atoms with van der Waals surface area (Å²) in [4.78, 5) is 2.00. The summed E-state index contributed by atoms with van der Waals surface area (Å²) in [7, 11) is 0.757. The molecule has 0 bridgehead atoms. The van der Waals surface area contributed by atoms with E-state index in [2.05, 4.69) is 0 Å². The Hall–Kier alpha value is -0.170. The Morgan fingerprint density at radius 2 is 1.71 bits per heavy atom. The van der Waals surface area contributed by atoms with Crippen molar-refractivity contribution < 1.29 is 13.2 Å². The van der Waals surface area contributed by atoms with Crippen molar-refractivity contribution in [2.45, 2.75) is 33.0 Å². The van der Waals surface area contributed by atoms with Crippen molar-refractivity contribution in [2.75, 3.05) is 40.0 Å². The second-order valence-electron chi connectivity index (χ2n) is 4.78. The maximum Gasteiger partial charge on any atom is 0.211 e. The quantitative estimate of drug-likeness (QED) is 0.646. The van der Waals surface area contributed by atoms with E-state index in [0.29, 0.717) is 19.6 Å². The van der Waals surface area contributed by atoms with Crippen LogP contribution in [0, 0.1) is 0 Å². The van der Waals surface area contributed by atoms with Crippen LogP contribution < -0.4 is 0 Å². The van der Waals surface area contributed by atoms with Crippen LogP contribution in [-0.4, -0.2) is 69.8 Å². The highest BCUT2D eigenvalue weighted by Gasteiger charge is 2.21. The van der Waals surface area contributed by atoms with Crippen LogP contribution in [0.25, 0.3) is 0 Å². The average Bonchev–Trinajstić information content (AvgIpc) is 2.09. The minimum absolute atomic E-state index is 0.0956. The first-order chi connectivity index (χ1) is 7.66. The molecule has 0 aromatic heterocycles. The first-order valence-corrected chi connectivity index (χ1v) is 7.77. The molecular formula is C11H26N2O3S. The first-order valence-electron chi connectivity index (χ1n) is 5.92. The van der Waals surface area contributed by atoms with E-state index in [1.165, 1.54) is 10.6 Å². The summed E-state index contributed by atoms with van der Waals surface area (Å²) in [5.41, 5.74) is 0. The lowest BCUT2D eigenvalue weighted by molar-refractivity contribution is -0.0128. The highest BCUT2D eigenvalue weighted by atomic mass is 32.2. The highest BCUT2D eigenvalue weighted by molar-refractivity contribution is 7.88. The summed E-state index contributed by atoms with van der Waals surface area (Å²) in [5, 5.41) is 0. The van der Waals surface area contributed by atoms with Crippen molar-refractivity contribution in [1.29, 1.82) is 0 Å². The number of hydrogen-bond acceptors (Lipinski definition) is 4. The largest absolute Gasteiger partial charge is 0.373 e. The molecule has 0 amide bonds. The zero-order valence-corrected chi connectivity index (χ0v) is 12.6. The van der Waals surface area contributed by atoms with Gasteiger partial charge in [0.2, 0.25) is 10.0 Å². The normalized spacial score (nSPS) is 14.9. The van der Waals surface area contributed by atoms with Crippen molar-refractivity contribution >= 4 is 10.0 Å². The Morgan fingerprint density at radius 3 is 2.00 bits per heavy atom. The van der Waals surface area contributed by atoms with Crippen LogP contribution in [0.3, 0.4) is 0 Å². The topological polar surface area (TPSA) is 49.9 Å². The zero-order chi connectivity index (χ0) is 13.6. The van der Waals surface area contributed by atoms with Crippen LogP contribution in [0.5, 0.6) is 0 Å². The van der Waals surface area contributed by atoms with Gasteiger partial charge < -0.3 is 9.64 Å². The molecule has 0 aliphatic heterocycles. The third kappa shape index (κ3) is 7.70. The standard InChI is InChI=1S/C11H26N2O3S/c1-7-13(17(6,14)15)9-11(8-12(4)5)16-10(2)3/h10-11H,7-9H2,1-6H3. The molecule has 1 atom stereocenters. The molecule has 0 saturated heterocycles. The van der Waals surface area contributed by atoms with E-state index < -0.39 is 10.0 Å².